The molecule has 1 aliphatic heterocycles. The van der Waals surface area contributed by atoms with Crippen molar-refractivity contribution in [3.05, 3.63) is 51.8 Å². The summed E-state index contributed by atoms with van der Waals surface area (Å²) in [4.78, 5) is 24.1. The van der Waals surface area contributed by atoms with Crippen LogP contribution < -0.4 is 0 Å². The van der Waals surface area contributed by atoms with E-state index >= 15 is 0 Å². The molecule has 0 fully saturated rings. The topological polar surface area (TPSA) is 90.5 Å². The summed E-state index contributed by atoms with van der Waals surface area (Å²) in [6.45, 7) is 6.31. The molecule has 8 nitrogen and oxygen atoms in total. The summed E-state index contributed by atoms with van der Waals surface area (Å²) in [5.41, 5.74) is 2.02. The fourth-order valence-corrected chi connectivity index (χ4v) is 2.54. The molecule has 0 bridgehead atoms. The summed E-state index contributed by atoms with van der Waals surface area (Å²) in [7, 11) is 0. The molecule has 1 aromatic carbocycles. The zero-order valence-corrected chi connectivity index (χ0v) is 13.7. The van der Waals surface area contributed by atoms with Gasteiger partial charge in [0, 0.05) is 17.7 Å². The second kappa shape index (κ2) is 5.63. The minimum Gasteiger partial charge on any atom is -0.444 e. The number of carbonyl (C=O) groups excluding carboxylic acids is 1. The third-order valence-electron chi connectivity index (χ3n) is 3.61. The van der Waals surface area contributed by atoms with Crippen molar-refractivity contribution in [2.75, 3.05) is 0 Å². The van der Waals surface area contributed by atoms with Crippen LogP contribution in [0.2, 0.25) is 0 Å². The third kappa shape index (κ3) is 3.08. The summed E-state index contributed by atoms with van der Waals surface area (Å²) in [6.07, 6.45) is 1.34. The zero-order valence-electron chi connectivity index (χ0n) is 13.7. The summed E-state index contributed by atoms with van der Waals surface area (Å²) < 4.78 is 7.09. The molecule has 0 spiro atoms. The quantitative estimate of drug-likeness (QED) is 0.623. The first-order chi connectivity index (χ1) is 11.2. The lowest BCUT2D eigenvalue weighted by Gasteiger charge is -2.24. The minimum absolute atomic E-state index is 0.0259. The van der Waals surface area contributed by atoms with E-state index in [4.69, 9.17) is 4.74 Å². The number of amides is 1. The van der Waals surface area contributed by atoms with E-state index < -0.39 is 10.5 Å². The SMILES string of the molecule is CC(C)(C)OC(=O)N1Cc2cnn(-c3ccc([N+](=O)[O-])cc3)c2C1. The second-order valence-corrected chi connectivity index (χ2v) is 6.64. The molecule has 1 aromatic heterocycles. The van der Waals surface area contributed by atoms with E-state index in [-0.39, 0.29) is 11.8 Å². The first kappa shape index (κ1) is 16.0. The highest BCUT2D eigenvalue weighted by atomic mass is 16.6. The molecule has 24 heavy (non-hydrogen) atoms. The molecule has 0 radical (unpaired) electrons. The van der Waals surface area contributed by atoms with Crippen molar-refractivity contribution in [1.82, 2.24) is 14.7 Å². The molecule has 1 aliphatic rings. The standard InChI is InChI=1S/C16H18N4O4/c1-16(2,3)24-15(21)18-9-11-8-17-19(14(11)10-18)12-4-6-13(7-5-12)20(22)23/h4-8H,9-10H2,1-3H3. The number of non-ortho nitro benzene ring substituents is 1. The van der Waals surface area contributed by atoms with Crippen LogP contribution >= 0.6 is 0 Å². The molecular formula is C16H18N4O4. The Morgan fingerprint density at radius 1 is 1.25 bits per heavy atom. The van der Waals surface area contributed by atoms with Gasteiger partial charge in [0.2, 0.25) is 0 Å². The van der Waals surface area contributed by atoms with E-state index in [1.165, 1.54) is 12.1 Å². The summed E-state index contributed by atoms with van der Waals surface area (Å²) in [6, 6.07) is 6.15. The highest BCUT2D eigenvalue weighted by molar-refractivity contribution is 5.69. The lowest BCUT2D eigenvalue weighted by molar-refractivity contribution is -0.384. The largest absolute Gasteiger partial charge is 0.444 e. The lowest BCUT2D eigenvalue weighted by atomic mass is 10.2. The minimum atomic E-state index is -0.545. The smallest absolute Gasteiger partial charge is 0.410 e. The average molecular weight is 330 g/mol. The molecule has 8 heteroatoms. The molecule has 3 rings (SSSR count). The van der Waals surface area contributed by atoms with Crippen LogP contribution in [0.25, 0.3) is 5.69 Å². The van der Waals surface area contributed by atoms with Gasteiger partial charge in [-0.15, -0.1) is 0 Å². The normalized spacial score (nSPS) is 13.7. The van der Waals surface area contributed by atoms with Gasteiger partial charge < -0.3 is 4.74 Å². The molecule has 0 aliphatic carbocycles. The number of hydrogen-bond donors (Lipinski definition) is 0. The second-order valence-electron chi connectivity index (χ2n) is 6.64. The Labute approximate surface area is 138 Å². The molecule has 0 saturated carbocycles. The number of fused-ring (bicyclic) bond motifs is 1. The number of nitro benzene ring substituents is 1. The van der Waals surface area contributed by atoms with Gasteiger partial charge in [0.15, 0.2) is 0 Å². The summed E-state index contributed by atoms with van der Waals surface area (Å²) in [5, 5.41) is 15.1. The maximum absolute atomic E-state index is 12.2. The van der Waals surface area contributed by atoms with E-state index in [9.17, 15) is 14.9 Å². The van der Waals surface area contributed by atoms with E-state index in [1.807, 2.05) is 20.8 Å². The molecular weight excluding hydrogens is 312 g/mol. The van der Waals surface area contributed by atoms with Crippen LogP contribution in [0.15, 0.2) is 30.5 Å². The van der Waals surface area contributed by atoms with Crippen LogP contribution in [0.3, 0.4) is 0 Å². The van der Waals surface area contributed by atoms with Crippen molar-refractivity contribution >= 4 is 11.8 Å². The number of aromatic nitrogens is 2. The van der Waals surface area contributed by atoms with E-state index in [1.54, 1.807) is 27.9 Å². The monoisotopic (exact) mass is 330 g/mol. The Bertz CT molecular complexity index is 789. The number of nitrogens with zero attached hydrogens (tertiary/aromatic N) is 4. The maximum atomic E-state index is 12.2. The molecule has 1 amide bonds. The first-order valence-electron chi connectivity index (χ1n) is 7.53. The van der Waals surface area contributed by atoms with Gasteiger partial charge in [0.25, 0.3) is 5.69 Å². The molecule has 126 valence electrons. The van der Waals surface area contributed by atoms with E-state index in [0.29, 0.717) is 18.8 Å². The highest BCUT2D eigenvalue weighted by Gasteiger charge is 2.30. The van der Waals surface area contributed by atoms with Crippen molar-refractivity contribution in [2.45, 2.75) is 39.5 Å². The fraction of sp³-hybridized carbons (Fsp3) is 0.375. The molecule has 0 unspecified atom stereocenters. The van der Waals surface area contributed by atoms with Crippen LogP contribution in [0.5, 0.6) is 0 Å². The molecule has 0 atom stereocenters. The van der Waals surface area contributed by atoms with Crippen LogP contribution in [-0.4, -0.2) is 31.3 Å². The fourth-order valence-electron chi connectivity index (χ4n) is 2.54. The number of nitro groups is 1. The van der Waals surface area contributed by atoms with Crippen molar-refractivity contribution in [3.63, 3.8) is 0 Å². The molecule has 2 heterocycles. The molecule has 2 aromatic rings. The number of hydrogen-bond acceptors (Lipinski definition) is 5. The number of rotatable bonds is 2. The Balaban J connectivity index is 1.80. The predicted molar refractivity (Wildman–Crippen MR) is 85.7 cm³/mol. The summed E-state index contributed by atoms with van der Waals surface area (Å²) in [5.74, 6) is 0. The Morgan fingerprint density at radius 2 is 1.92 bits per heavy atom. The van der Waals surface area contributed by atoms with Crippen molar-refractivity contribution in [2.24, 2.45) is 0 Å². The van der Waals surface area contributed by atoms with Crippen LogP contribution in [-0.2, 0) is 17.8 Å². The predicted octanol–water partition coefficient (Wildman–Crippen LogP) is 3.03. The maximum Gasteiger partial charge on any atom is 0.410 e. The van der Waals surface area contributed by atoms with Crippen molar-refractivity contribution < 1.29 is 14.5 Å². The lowest BCUT2D eigenvalue weighted by Crippen LogP contribution is -2.33. The van der Waals surface area contributed by atoms with Gasteiger partial charge in [-0.05, 0) is 32.9 Å². The molecule has 0 saturated heterocycles. The number of benzene rings is 1. The Morgan fingerprint density at radius 3 is 2.50 bits per heavy atom. The van der Waals surface area contributed by atoms with Crippen LogP contribution in [0, 0.1) is 10.1 Å². The van der Waals surface area contributed by atoms with E-state index in [2.05, 4.69) is 5.10 Å². The van der Waals surface area contributed by atoms with Crippen molar-refractivity contribution in [3.8, 4) is 5.69 Å². The Hall–Kier alpha value is -2.90. The Kier molecular flexibility index (Phi) is 3.75. The third-order valence-corrected chi connectivity index (χ3v) is 3.61. The molecule has 0 N–H and O–H groups in total. The van der Waals surface area contributed by atoms with Gasteiger partial charge in [-0.2, -0.15) is 5.10 Å². The van der Waals surface area contributed by atoms with Gasteiger partial charge in [0.1, 0.15) is 5.60 Å². The number of carbonyl (C=O) groups is 1. The van der Waals surface area contributed by atoms with Gasteiger partial charge in [-0.1, -0.05) is 0 Å². The number of ether oxygens (including phenoxy) is 1. The van der Waals surface area contributed by atoms with Gasteiger partial charge >= 0.3 is 6.09 Å². The van der Waals surface area contributed by atoms with Crippen LogP contribution in [0.1, 0.15) is 32.0 Å². The first-order valence-corrected chi connectivity index (χ1v) is 7.53. The van der Waals surface area contributed by atoms with Gasteiger partial charge in [-0.3, -0.25) is 15.0 Å². The van der Waals surface area contributed by atoms with Crippen LogP contribution in [0.4, 0.5) is 10.5 Å². The van der Waals surface area contributed by atoms with Crippen molar-refractivity contribution in [1.29, 1.82) is 0 Å². The highest BCUT2D eigenvalue weighted by Crippen LogP contribution is 2.27. The zero-order chi connectivity index (χ0) is 17.5. The average Bonchev–Trinajstić information content (AvgIpc) is 3.05. The van der Waals surface area contributed by atoms with E-state index in [0.717, 1.165) is 11.3 Å². The van der Waals surface area contributed by atoms with Gasteiger partial charge in [0.05, 0.1) is 35.6 Å². The van der Waals surface area contributed by atoms with Gasteiger partial charge in [-0.25, -0.2) is 9.48 Å². The summed E-state index contributed by atoms with van der Waals surface area (Å²) >= 11 is 0.